The van der Waals surface area contributed by atoms with Gasteiger partial charge >= 0.3 is 0 Å². The SMILES string of the molecule is CCOc1c(Cl)cc(Cl)c(B(c2c(Cl)cc(Cl)c(OCC)c2Cl)c2c(Cl)cc(Cl)c(OCC)c2Cl)c1Cl. The van der Waals surface area contributed by atoms with Gasteiger partial charge in [-0.1, -0.05) is 104 Å². The molecule has 0 amide bonds. The van der Waals surface area contributed by atoms with E-state index in [-0.39, 0.29) is 62.5 Å². The average Bonchev–Trinajstić information content (AvgIpc) is 2.81. The van der Waals surface area contributed by atoms with E-state index in [9.17, 15) is 0 Å². The van der Waals surface area contributed by atoms with E-state index >= 15 is 0 Å². The van der Waals surface area contributed by atoms with Crippen LogP contribution in [0.4, 0.5) is 0 Å². The molecule has 0 bridgehead atoms. The van der Waals surface area contributed by atoms with Gasteiger partial charge < -0.3 is 14.2 Å². The molecule has 3 aromatic rings. The van der Waals surface area contributed by atoms with Gasteiger partial charge in [0.25, 0.3) is 6.71 Å². The second-order valence-electron chi connectivity index (χ2n) is 7.42. The van der Waals surface area contributed by atoms with Crippen LogP contribution in [0.2, 0.25) is 45.2 Å². The molecule has 3 aromatic carbocycles. The topological polar surface area (TPSA) is 27.7 Å². The van der Waals surface area contributed by atoms with Gasteiger partial charge in [0.05, 0.1) is 50.0 Å². The number of hydrogen-bond acceptors (Lipinski definition) is 3. The maximum Gasteiger partial charge on any atom is 0.253 e. The van der Waals surface area contributed by atoms with E-state index in [2.05, 4.69) is 0 Å². The first-order chi connectivity index (χ1) is 17.5. The monoisotopic (exact) mass is 680 g/mol. The first kappa shape index (κ1) is 31.3. The minimum atomic E-state index is -0.954. The van der Waals surface area contributed by atoms with E-state index in [1.807, 2.05) is 0 Å². The fraction of sp³-hybridized carbons (Fsp3) is 0.250. The highest BCUT2D eigenvalue weighted by Crippen LogP contribution is 2.40. The first-order valence-electron chi connectivity index (χ1n) is 10.9. The minimum absolute atomic E-state index is 0.115. The van der Waals surface area contributed by atoms with Gasteiger partial charge in [-0.3, -0.25) is 0 Å². The summed E-state index contributed by atoms with van der Waals surface area (Å²) < 4.78 is 17.2. The third kappa shape index (κ3) is 6.24. The van der Waals surface area contributed by atoms with E-state index in [4.69, 9.17) is 119 Å². The molecule has 0 aromatic heterocycles. The van der Waals surface area contributed by atoms with Crippen molar-refractivity contribution in [2.45, 2.75) is 20.8 Å². The third-order valence-corrected chi connectivity index (χ3v) is 8.13. The molecule has 0 unspecified atom stereocenters. The Balaban J connectivity index is 2.56. The first-order valence-corrected chi connectivity index (χ1v) is 14.3. The zero-order valence-electron chi connectivity index (χ0n) is 19.6. The molecule has 0 spiro atoms. The Morgan fingerprint density at radius 1 is 0.459 bits per heavy atom. The highest BCUT2D eigenvalue weighted by atomic mass is 35.5. The van der Waals surface area contributed by atoms with Crippen LogP contribution >= 0.6 is 104 Å². The van der Waals surface area contributed by atoms with E-state index in [1.165, 1.54) is 18.2 Å². The summed E-state index contributed by atoms with van der Waals surface area (Å²) in [6.07, 6.45) is 0. The lowest BCUT2D eigenvalue weighted by atomic mass is 9.36. The van der Waals surface area contributed by atoms with Crippen LogP contribution in [0.5, 0.6) is 17.2 Å². The smallest absolute Gasteiger partial charge is 0.253 e. The summed E-state index contributed by atoms with van der Waals surface area (Å²) in [6, 6.07) is 4.51. The molecule has 0 heterocycles. The summed E-state index contributed by atoms with van der Waals surface area (Å²) in [7, 11) is 0. The summed E-state index contributed by atoms with van der Waals surface area (Å²) >= 11 is 60.2. The van der Waals surface area contributed by atoms with Crippen LogP contribution < -0.4 is 30.6 Å². The van der Waals surface area contributed by atoms with Crippen LogP contribution in [-0.2, 0) is 0 Å². The molecule has 0 N–H and O–H groups in total. The summed E-state index contributed by atoms with van der Waals surface area (Å²) in [5.74, 6) is 0.646. The fourth-order valence-corrected chi connectivity index (χ4v) is 7.09. The molecular formula is C24H18BCl9O3. The standard InChI is InChI=1S/C24H18BCl9O3/c1-4-35-22-13(29)7-10(26)16(19(22)32)25(17-11(27)8-14(30)23(20(17)33)36-5-2)18-12(28)9-15(31)24(21(18)34)37-6-3/h7-9H,4-6H2,1-3H3. The Bertz CT molecular complexity index is 1170. The molecule has 3 nitrogen and oxygen atoms in total. The average molecular weight is 684 g/mol. The van der Waals surface area contributed by atoms with E-state index in [0.29, 0.717) is 36.2 Å². The molecule has 0 aliphatic rings. The van der Waals surface area contributed by atoms with Crippen molar-refractivity contribution in [2.75, 3.05) is 19.8 Å². The van der Waals surface area contributed by atoms with Crippen molar-refractivity contribution in [1.29, 1.82) is 0 Å². The van der Waals surface area contributed by atoms with Gasteiger partial charge in [-0.2, -0.15) is 0 Å². The van der Waals surface area contributed by atoms with Crippen LogP contribution in [0.3, 0.4) is 0 Å². The Hall–Kier alpha value is -0.265. The van der Waals surface area contributed by atoms with Crippen LogP contribution in [0.1, 0.15) is 20.8 Å². The zero-order valence-corrected chi connectivity index (χ0v) is 26.4. The summed E-state index contributed by atoms with van der Waals surface area (Å²) in [5, 5.41) is 1.54. The lowest BCUT2D eigenvalue weighted by Crippen LogP contribution is -2.55. The zero-order chi connectivity index (χ0) is 27.6. The molecule has 3 rings (SSSR count). The minimum Gasteiger partial charge on any atom is -0.491 e. The lowest BCUT2D eigenvalue weighted by Gasteiger charge is -2.26. The van der Waals surface area contributed by atoms with Gasteiger partial charge in [0.2, 0.25) is 0 Å². The predicted octanol–water partition coefficient (Wildman–Crippen LogP) is 9.28. The largest absolute Gasteiger partial charge is 0.491 e. The Morgan fingerprint density at radius 3 is 0.919 bits per heavy atom. The molecule has 0 radical (unpaired) electrons. The number of halogens is 9. The normalized spacial score (nSPS) is 11.0. The van der Waals surface area contributed by atoms with E-state index < -0.39 is 6.71 Å². The highest BCUT2D eigenvalue weighted by molar-refractivity contribution is 7.01. The summed E-state index contributed by atoms with van der Waals surface area (Å²) in [6.45, 7) is 5.30. The van der Waals surface area contributed by atoms with Gasteiger partial charge in [0, 0.05) is 15.1 Å². The van der Waals surface area contributed by atoms with Crippen molar-refractivity contribution < 1.29 is 14.2 Å². The second kappa shape index (κ2) is 13.4. The van der Waals surface area contributed by atoms with Crippen LogP contribution in [0.25, 0.3) is 0 Å². The van der Waals surface area contributed by atoms with Crippen LogP contribution in [0.15, 0.2) is 18.2 Å². The molecule has 0 aliphatic heterocycles. The van der Waals surface area contributed by atoms with Gasteiger partial charge in [-0.25, -0.2) is 0 Å². The number of hydrogen-bond donors (Lipinski definition) is 0. The van der Waals surface area contributed by atoms with Gasteiger partial charge in [-0.05, 0) is 55.4 Å². The maximum atomic E-state index is 6.89. The number of benzene rings is 3. The molecule has 13 heteroatoms. The molecule has 0 aliphatic carbocycles. The molecule has 0 atom stereocenters. The number of rotatable bonds is 9. The van der Waals surface area contributed by atoms with Gasteiger partial charge in [-0.15, -0.1) is 0 Å². The Kier molecular flexibility index (Phi) is 11.3. The quantitative estimate of drug-likeness (QED) is 0.211. The van der Waals surface area contributed by atoms with Crippen molar-refractivity contribution in [3.8, 4) is 17.2 Å². The molecular weight excluding hydrogens is 666 g/mol. The summed E-state index contributed by atoms with van der Waals surface area (Å²) in [5.41, 5.74) is 0.995. The van der Waals surface area contributed by atoms with Crippen molar-refractivity contribution in [3.05, 3.63) is 63.4 Å². The van der Waals surface area contributed by atoms with Crippen LogP contribution in [-0.4, -0.2) is 26.5 Å². The summed E-state index contributed by atoms with van der Waals surface area (Å²) in [4.78, 5) is 0. The Labute approximate surface area is 261 Å². The highest BCUT2D eigenvalue weighted by Gasteiger charge is 2.38. The van der Waals surface area contributed by atoms with Gasteiger partial charge in [0.1, 0.15) is 0 Å². The molecule has 198 valence electrons. The Morgan fingerprint density at radius 2 is 0.703 bits per heavy atom. The predicted molar refractivity (Wildman–Crippen MR) is 163 cm³/mol. The van der Waals surface area contributed by atoms with Crippen molar-refractivity contribution >= 4 is 128 Å². The van der Waals surface area contributed by atoms with Crippen LogP contribution in [0, 0.1) is 0 Å². The number of ether oxygens (including phenoxy) is 3. The van der Waals surface area contributed by atoms with E-state index in [1.54, 1.807) is 20.8 Å². The second-order valence-corrected chi connectivity index (χ2v) is 11.0. The van der Waals surface area contributed by atoms with Crippen molar-refractivity contribution in [3.63, 3.8) is 0 Å². The molecule has 0 saturated carbocycles. The fourth-order valence-electron chi connectivity index (χ4n) is 3.82. The molecule has 37 heavy (non-hydrogen) atoms. The maximum absolute atomic E-state index is 6.89. The third-order valence-electron chi connectivity index (χ3n) is 5.22. The van der Waals surface area contributed by atoms with E-state index in [0.717, 1.165) is 0 Å². The van der Waals surface area contributed by atoms with Crippen molar-refractivity contribution in [1.82, 2.24) is 0 Å². The lowest BCUT2D eigenvalue weighted by molar-refractivity contribution is 0.341. The van der Waals surface area contributed by atoms with Gasteiger partial charge in [0.15, 0.2) is 17.2 Å². The van der Waals surface area contributed by atoms with Crippen molar-refractivity contribution in [2.24, 2.45) is 0 Å². The molecule has 0 fully saturated rings. The molecule has 0 saturated heterocycles.